The fraction of sp³-hybridized carbons (Fsp3) is 0.846. The Balaban J connectivity index is 4.42. The summed E-state index contributed by atoms with van der Waals surface area (Å²) in [5, 5.41) is 14.3. The van der Waals surface area contributed by atoms with Gasteiger partial charge in [-0.2, -0.15) is 0 Å². The minimum Gasteiger partial charge on any atom is -0.480 e. The first-order valence-corrected chi connectivity index (χ1v) is 6.72. The molecule has 0 saturated carbocycles. The number of carboxylic acids is 1. The monoisotopic (exact) mass is 273 g/mol. The van der Waals surface area contributed by atoms with E-state index in [0.29, 0.717) is 12.8 Å². The van der Waals surface area contributed by atoms with Crippen LogP contribution in [-0.4, -0.2) is 54.7 Å². The molecule has 3 N–H and O–H groups in total. The van der Waals surface area contributed by atoms with Crippen LogP contribution in [-0.2, 0) is 4.79 Å². The molecule has 19 heavy (non-hydrogen) atoms. The molecule has 0 spiro atoms. The van der Waals surface area contributed by atoms with E-state index in [1.807, 2.05) is 39.8 Å². The highest BCUT2D eigenvalue weighted by atomic mass is 16.4. The summed E-state index contributed by atoms with van der Waals surface area (Å²) >= 11 is 0. The van der Waals surface area contributed by atoms with Gasteiger partial charge in [-0.25, -0.2) is 9.59 Å². The third-order valence-corrected chi connectivity index (χ3v) is 2.86. The maximum absolute atomic E-state index is 11.8. The number of rotatable bonds is 8. The van der Waals surface area contributed by atoms with Crippen LogP contribution in [0.2, 0.25) is 0 Å². The molecule has 0 rings (SSSR count). The first-order valence-electron chi connectivity index (χ1n) is 6.72. The van der Waals surface area contributed by atoms with Gasteiger partial charge in [0.2, 0.25) is 0 Å². The second-order valence-electron chi connectivity index (χ2n) is 5.41. The van der Waals surface area contributed by atoms with E-state index in [2.05, 4.69) is 10.6 Å². The Morgan fingerprint density at radius 1 is 1.21 bits per heavy atom. The van der Waals surface area contributed by atoms with Gasteiger partial charge in [0.25, 0.3) is 0 Å². The lowest BCUT2D eigenvalue weighted by atomic mass is 10.0. The smallest absolute Gasteiger partial charge is 0.326 e. The van der Waals surface area contributed by atoms with E-state index in [0.717, 1.165) is 6.54 Å². The predicted molar refractivity (Wildman–Crippen MR) is 75.2 cm³/mol. The van der Waals surface area contributed by atoms with Crippen molar-refractivity contribution in [3.05, 3.63) is 0 Å². The van der Waals surface area contributed by atoms with Crippen LogP contribution in [0.3, 0.4) is 0 Å². The third kappa shape index (κ3) is 7.66. The fourth-order valence-electron chi connectivity index (χ4n) is 1.73. The number of urea groups is 1. The van der Waals surface area contributed by atoms with Gasteiger partial charge in [-0.05, 0) is 26.4 Å². The quantitative estimate of drug-likeness (QED) is 0.619. The summed E-state index contributed by atoms with van der Waals surface area (Å²) in [6, 6.07) is -1.25. The molecule has 2 amide bonds. The minimum atomic E-state index is -0.995. The van der Waals surface area contributed by atoms with Crippen molar-refractivity contribution in [3.8, 4) is 0 Å². The highest BCUT2D eigenvalue weighted by Crippen LogP contribution is 2.03. The van der Waals surface area contributed by atoms with Gasteiger partial charge in [0.15, 0.2) is 0 Å². The topological polar surface area (TPSA) is 81.7 Å². The number of amides is 2. The lowest BCUT2D eigenvalue weighted by molar-refractivity contribution is -0.139. The Bertz CT molecular complexity index is 293. The highest BCUT2D eigenvalue weighted by molar-refractivity contribution is 5.82. The average molecular weight is 273 g/mol. The lowest BCUT2D eigenvalue weighted by Gasteiger charge is -2.26. The molecular weight excluding hydrogens is 246 g/mol. The molecule has 0 aliphatic rings. The van der Waals surface area contributed by atoms with Gasteiger partial charge in [0.05, 0.1) is 0 Å². The zero-order chi connectivity index (χ0) is 15.0. The summed E-state index contributed by atoms with van der Waals surface area (Å²) in [4.78, 5) is 24.8. The number of carbonyl (C=O) groups excluding carboxylic acids is 1. The normalized spacial score (nSPS) is 14.3. The van der Waals surface area contributed by atoms with Gasteiger partial charge >= 0.3 is 12.0 Å². The van der Waals surface area contributed by atoms with Crippen LogP contribution in [0.15, 0.2) is 0 Å². The lowest BCUT2D eigenvalue weighted by Crippen LogP contribution is -2.52. The molecule has 0 aliphatic heterocycles. The molecule has 0 heterocycles. The molecule has 1 unspecified atom stereocenters. The van der Waals surface area contributed by atoms with Gasteiger partial charge in [0.1, 0.15) is 6.04 Å². The average Bonchev–Trinajstić information content (AvgIpc) is 2.26. The molecule has 6 nitrogen and oxygen atoms in total. The van der Waals surface area contributed by atoms with Crippen LogP contribution in [0.1, 0.15) is 33.6 Å². The largest absolute Gasteiger partial charge is 0.480 e. The van der Waals surface area contributed by atoms with Crippen molar-refractivity contribution in [2.75, 3.05) is 20.6 Å². The van der Waals surface area contributed by atoms with E-state index in [-0.39, 0.29) is 12.0 Å². The fourth-order valence-corrected chi connectivity index (χ4v) is 1.73. The van der Waals surface area contributed by atoms with E-state index in [1.165, 1.54) is 0 Å². The Hall–Kier alpha value is -1.30. The van der Waals surface area contributed by atoms with Crippen LogP contribution in [0.4, 0.5) is 4.79 Å². The van der Waals surface area contributed by atoms with Gasteiger partial charge < -0.3 is 20.6 Å². The molecular formula is C13H27N3O3. The summed E-state index contributed by atoms with van der Waals surface area (Å²) in [5.41, 5.74) is 0. The number of aliphatic carboxylic acids is 1. The van der Waals surface area contributed by atoms with Crippen molar-refractivity contribution < 1.29 is 14.7 Å². The summed E-state index contributed by atoms with van der Waals surface area (Å²) in [6.07, 6.45) is 1.14. The number of carboxylic acid groups (broad SMARTS) is 1. The van der Waals surface area contributed by atoms with E-state index in [1.54, 1.807) is 0 Å². The molecule has 0 bridgehead atoms. The molecule has 0 radical (unpaired) electrons. The number of nitrogens with one attached hydrogen (secondary N) is 2. The molecule has 0 aromatic rings. The Morgan fingerprint density at radius 2 is 1.79 bits per heavy atom. The minimum absolute atomic E-state index is 0.00827. The van der Waals surface area contributed by atoms with E-state index < -0.39 is 18.0 Å². The first kappa shape index (κ1) is 17.7. The summed E-state index contributed by atoms with van der Waals surface area (Å²) in [5.74, 6) is -0.715. The second-order valence-corrected chi connectivity index (χ2v) is 5.41. The van der Waals surface area contributed by atoms with E-state index in [4.69, 9.17) is 5.11 Å². The molecule has 0 aliphatic carbocycles. The zero-order valence-electron chi connectivity index (χ0n) is 12.6. The molecule has 0 saturated heterocycles. The van der Waals surface area contributed by atoms with Gasteiger partial charge in [-0.15, -0.1) is 0 Å². The standard InChI is InChI=1S/C13H27N3O3/c1-6-7-10(12(17)18)14-13(19)15-11(9(2)3)8-16(4)5/h9-11H,6-8H2,1-5H3,(H,17,18)(H2,14,15,19)/t10-,11?/m0/s1. The number of nitrogens with zero attached hydrogens (tertiary/aromatic N) is 1. The SMILES string of the molecule is CCC[C@H](NC(=O)NC(CN(C)C)C(C)C)C(=O)O. The maximum atomic E-state index is 11.8. The summed E-state index contributed by atoms with van der Waals surface area (Å²) < 4.78 is 0. The first-order chi connectivity index (χ1) is 8.77. The molecule has 6 heteroatoms. The van der Waals surface area contributed by atoms with Crippen molar-refractivity contribution in [1.82, 2.24) is 15.5 Å². The van der Waals surface area contributed by atoms with Crippen LogP contribution < -0.4 is 10.6 Å². The van der Waals surface area contributed by atoms with Crippen molar-refractivity contribution in [2.45, 2.75) is 45.7 Å². The van der Waals surface area contributed by atoms with E-state index >= 15 is 0 Å². The Morgan fingerprint density at radius 3 is 2.16 bits per heavy atom. The predicted octanol–water partition coefficient (Wildman–Crippen LogP) is 1.13. The van der Waals surface area contributed by atoms with Crippen molar-refractivity contribution in [1.29, 1.82) is 0 Å². The van der Waals surface area contributed by atoms with Gasteiger partial charge in [-0.3, -0.25) is 0 Å². The summed E-state index contributed by atoms with van der Waals surface area (Å²) in [7, 11) is 3.87. The molecule has 0 fully saturated rings. The highest BCUT2D eigenvalue weighted by Gasteiger charge is 2.22. The van der Waals surface area contributed by atoms with Crippen LogP contribution in [0.25, 0.3) is 0 Å². The van der Waals surface area contributed by atoms with E-state index in [9.17, 15) is 9.59 Å². The zero-order valence-corrected chi connectivity index (χ0v) is 12.6. The molecule has 112 valence electrons. The van der Waals surface area contributed by atoms with Crippen LogP contribution >= 0.6 is 0 Å². The number of carbonyl (C=O) groups is 2. The van der Waals surface area contributed by atoms with Crippen molar-refractivity contribution in [3.63, 3.8) is 0 Å². The number of hydrogen-bond acceptors (Lipinski definition) is 3. The second kappa shape index (κ2) is 8.74. The van der Waals surface area contributed by atoms with Crippen molar-refractivity contribution in [2.24, 2.45) is 5.92 Å². The van der Waals surface area contributed by atoms with Crippen LogP contribution in [0, 0.1) is 5.92 Å². The van der Waals surface area contributed by atoms with Crippen molar-refractivity contribution >= 4 is 12.0 Å². The summed E-state index contributed by atoms with van der Waals surface area (Å²) in [6.45, 7) is 6.65. The molecule has 0 aromatic heterocycles. The third-order valence-electron chi connectivity index (χ3n) is 2.86. The Labute approximate surface area is 115 Å². The Kier molecular flexibility index (Phi) is 8.14. The molecule has 2 atom stereocenters. The van der Waals surface area contributed by atoms with Gasteiger partial charge in [0, 0.05) is 12.6 Å². The maximum Gasteiger partial charge on any atom is 0.326 e. The van der Waals surface area contributed by atoms with Crippen LogP contribution in [0.5, 0.6) is 0 Å². The number of likely N-dealkylation sites (N-methyl/N-ethyl adjacent to an activating group) is 1. The van der Waals surface area contributed by atoms with Gasteiger partial charge in [-0.1, -0.05) is 27.2 Å². The number of hydrogen-bond donors (Lipinski definition) is 3. The molecule has 0 aromatic carbocycles.